The number of alkyl carbamates (subject to hydrolysis) is 1. The van der Waals surface area contributed by atoms with Crippen LogP contribution in [0.1, 0.15) is 70.0 Å². The predicted molar refractivity (Wildman–Crippen MR) is 191 cm³/mol. The van der Waals surface area contributed by atoms with E-state index in [9.17, 15) is 28.8 Å². The Morgan fingerprint density at radius 3 is 1.77 bits per heavy atom. The Morgan fingerprint density at radius 2 is 1.19 bits per heavy atom. The Balaban J connectivity index is 1.27. The average molecular weight is 707 g/mol. The van der Waals surface area contributed by atoms with Gasteiger partial charge in [-0.15, -0.1) is 0 Å². The van der Waals surface area contributed by atoms with E-state index in [1.807, 2.05) is 48.5 Å². The smallest absolute Gasteiger partial charge is 0.408 e. The summed E-state index contributed by atoms with van der Waals surface area (Å²) >= 11 is 0. The lowest BCUT2D eigenvalue weighted by molar-refractivity contribution is -0.151. The highest BCUT2D eigenvalue weighted by Gasteiger charge is 2.43. The van der Waals surface area contributed by atoms with Crippen LogP contribution in [-0.2, 0) is 38.7 Å². The first kappa shape index (κ1) is 37.2. The van der Waals surface area contributed by atoms with Gasteiger partial charge in [0.25, 0.3) is 17.7 Å². The maximum absolute atomic E-state index is 14.2. The highest BCUT2D eigenvalue weighted by molar-refractivity contribution is 6.23. The molecule has 3 aromatic carbocycles. The van der Waals surface area contributed by atoms with Gasteiger partial charge in [-0.3, -0.25) is 28.6 Å². The molecule has 0 spiro atoms. The number of fused-ring (bicyclic) bond motifs is 1. The van der Waals surface area contributed by atoms with Crippen LogP contribution >= 0.6 is 0 Å². The van der Waals surface area contributed by atoms with Gasteiger partial charge in [0, 0.05) is 12.6 Å². The predicted octanol–water partition coefficient (Wildman–Crippen LogP) is 5.17. The quantitative estimate of drug-likeness (QED) is 0.135. The number of amides is 4. The van der Waals surface area contributed by atoms with E-state index in [1.165, 1.54) is 10.8 Å². The molecule has 3 atom stereocenters. The molecule has 0 unspecified atom stereocenters. The van der Waals surface area contributed by atoms with Gasteiger partial charge in [0.15, 0.2) is 0 Å². The van der Waals surface area contributed by atoms with E-state index in [0.717, 1.165) is 16.0 Å². The fraction of sp³-hybridized carbons (Fsp3) is 0.300. The summed E-state index contributed by atoms with van der Waals surface area (Å²) in [6.45, 7) is 6.66. The zero-order valence-electron chi connectivity index (χ0n) is 29.5. The van der Waals surface area contributed by atoms with Crippen molar-refractivity contribution in [1.82, 2.24) is 20.1 Å². The molecule has 270 valence electrons. The van der Waals surface area contributed by atoms with Gasteiger partial charge in [0.1, 0.15) is 31.3 Å². The standard InChI is InChI=1S/C40H42N4O8/c1-25(2)33(42-40(50)52-23-28-16-9-6-10-17-28)35(45)41-34(26(3)4)39(49)51-24-29-18-13-21-43(29)38(48)32(22-27-14-7-5-8-15-27)44-36(46)30-19-11-12-20-31(30)37(44)47/h5-21,25-26,32-34H,22-24H2,1-4H3,(H,41,45)(H,42,50)/t32-,33-,34-/m0/s1. The summed E-state index contributed by atoms with van der Waals surface area (Å²) in [5, 5.41) is 5.30. The summed E-state index contributed by atoms with van der Waals surface area (Å²) in [6.07, 6.45) is 0.771. The van der Waals surface area contributed by atoms with Crippen molar-refractivity contribution in [3.05, 3.63) is 131 Å². The minimum Gasteiger partial charge on any atom is -0.458 e. The van der Waals surface area contributed by atoms with Crippen molar-refractivity contribution in [2.75, 3.05) is 0 Å². The Kier molecular flexibility index (Phi) is 12.0. The minimum atomic E-state index is -1.20. The zero-order chi connectivity index (χ0) is 37.4. The van der Waals surface area contributed by atoms with Crippen molar-refractivity contribution in [2.24, 2.45) is 11.8 Å². The molecule has 0 aliphatic carbocycles. The molecule has 0 bridgehead atoms. The second-order valence-corrected chi connectivity index (χ2v) is 13.2. The Morgan fingerprint density at radius 1 is 0.635 bits per heavy atom. The molecule has 2 heterocycles. The third kappa shape index (κ3) is 8.63. The third-order valence-corrected chi connectivity index (χ3v) is 8.78. The summed E-state index contributed by atoms with van der Waals surface area (Å²) in [5.41, 5.74) is 2.27. The van der Waals surface area contributed by atoms with Crippen molar-refractivity contribution < 1.29 is 38.2 Å². The van der Waals surface area contributed by atoms with Crippen LogP contribution in [0, 0.1) is 11.8 Å². The molecule has 0 saturated heterocycles. The van der Waals surface area contributed by atoms with Gasteiger partial charge in [-0.05, 0) is 47.2 Å². The summed E-state index contributed by atoms with van der Waals surface area (Å²) in [6, 6.07) is 24.5. The number of ether oxygens (including phenoxy) is 2. The van der Waals surface area contributed by atoms with Crippen molar-refractivity contribution in [3.63, 3.8) is 0 Å². The second kappa shape index (κ2) is 16.8. The molecule has 1 aliphatic rings. The van der Waals surface area contributed by atoms with Crippen LogP contribution < -0.4 is 10.6 Å². The molecule has 0 radical (unpaired) electrons. The molecule has 52 heavy (non-hydrogen) atoms. The van der Waals surface area contributed by atoms with Crippen LogP contribution in [0.2, 0.25) is 0 Å². The van der Waals surface area contributed by atoms with Gasteiger partial charge in [-0.25, -0.2) is 9.59 Å². The molecule has 12 heteroatoms. The fourth-order valence-corrected chi connectivity index (χ4v) is 5.93. The number of nitrogens with one attached hydrogen (secondary N) is 2. The second-order valence-electron chi connectivity index (χ2n) is 13.2. The molecule has 1 aliphatic heterocycles. The van der Waals surface area contributed by atoms with E-state index in [1.54, 1.807) is 76.2 Å². The third-order valence-electron chi connectivity index (χ3n) is 8.78. The van der Waals surface area contributed by atoms with Crippen LogP contribution in [-0.4, -0.2) is 63.3 Å². The van der Waals surface area contributed by atoms with E-state index in [-0.39, 0.29) is 36.7 Å². The highest BCUT2D eigenvalue weighted by atomic mass is 16.5. The van der Waals surface area contributed by atoms with E-state index in [4.69, 9.17) is 9.47 Å². The molecule has 5 rings (SSSR count). The Bertz CT molecular complexity index is 1890. The lowest BCUT2D eigenvalue weighted by Gasteiger charge is -2.27. The Hall–Kier alpha value is -6.04. The maximum Gasteiger partial charge on any atom is 0.408 e. The van der Waals surface area contributed by atoms with Crippen LogP contribution in [0.5, 0.6) is 0 Å². The van der Waals surface area contributed by atoms with Crippen LogP contribution in [0.4, 0.5) is 4.79 Å². The summed E-state index contributed by atoms with van der Waals surface area (Å²) in [5.74, 6) is -3.77. The van der Waals surface area contributed by atoms with Gasteiger partial charge in [0.05, 0.1) is 16.8 Å². The summed E-state index contributed by atoms with van der Waals surface area (Å²) in [7, 11) is 0. The van der Waals surface area contributed by atoms with Crippen molar-refractivity contribution in [1.29, 1.82) is 0 Å². The van der Waals surface area contributed by atoms with E-state index < -0.39 is 59.7 Å². The number of hydrogen-bond acceptors (Lipinski definition) is 8. The fourth-order valence-electron chi connectivity index (χ4n) is 5.93. The number of carbonyl (C=O) groups excluding carboxylic acids is 6. The van der Waals surface area contributed by atoms with Crippen molar-refractivity contribution in [3.8, 4) is 0 Å². The van der Waals surface area contributed by atoms with E-state index in [2.05, 4.69) is 10.6 Å². The van der Waals surface area contributed by atoms with Gasteiger partial charge in [-0.1, -0.05) is 100 Å². The van der Waals surface area contributed by atoms with Crippen molar-refractivity contribution >= 4 is 35.7 Å². The number of esters is 1. The monoisotopic (exact) mass is 706 g/mol. The lowest BCUT2D eigenvalue weighted by Crippen LogP contribution is -2.55. The van der Waals surface area contributed by atoms with E-state index >= 15 is 0 Å². The largest absolute Gasteiger partial charge is 0.458 e. The number of aromatic nitrogens is 1. The number of nitrogens with zero attached hydrogens (tertiary/aromatic N) is 2. The maximum atomic E-state index is 14.2. The molecule has 4 aromatic rings. The number of carbonyl (C=O) groups is 6. The Labute approximate surface area is 302 Å². The van der Waals surface area contributed by atoms with Gasteiger partial charge in [0.2, 0.25) is 5.91 Å². The van der Waals surface area contributed by atoms with Crippen molar-refractivity contribution in [2.45, 2.75) is 65.5 Å². The number of benzene rings is 3. The van der Waals surface area contributed by atoms with Gasteiger partial charge in [-0.2, -0.15) is 0 Å². The number of rotatable bonds is 14. The van der Waals surface area contributed by atoms with Gasteiger partial charge < -0.3 is 20.1 Å². The first-order valence-corrected chi connectivity index (χ1v) is 17.1. The van der Waals surface area contributed by atoms with Crippen LogP contribution in [0.25, 0.3) is 0 Å². The summed E-state index contributed by atoms with van der Waals surface area (Å²) in [4.78, 5) is 81.6. The molecular formula is C40H42N4O8. The molecule has 12 nitrogen and oxygen atoms in total. The first-order valence-electron chi connectivity index (χ1n) is 17.1. The topological polar surface area (TPSA) is 153 Å². The molecule has 2 N–H and O–H groups in total. The SMILES string of the molecule is CC(C)[C@H](NC(=O)OCc1ccccc1)C(=O)N[C@H](C(=O)OCc1cccn1C(=O)[C@H](Cc1ccccc1)N1C(=O)c2ccccc2C1=O)C(C)C. The molecule has 1 aromatic heterocycles. The van der Waals surface area contributed by atoms with Crippen LogP contribution in [0.15, 0.2) is 103 Å². The molecule has 0 saturated carbocycles. The minimum absolute atomic E-state index is 0.0234. The average Bonchev–Trinajstić information content (AvgIpc) is 3.72. The first-order chi connectivity index (χ1) is 25.0. The summed E-state index contributed by atoms with van der Waals surface area (Å²) < 4.78 is 12.2. The van der Waals surface area contributed by atoms with E-state index in [0.29, 0.717) is 5.69 Å². The normalized spacial score (nSPS) is 14.1. The number of imide groups is 1. The van der Waals surface area contributed by atoms with Crippen LogP contribution in [0.3, 0.4) is 0 Å². The molecule has 0 fully saturated rings. The highest BCUT2D eigenvalue weighted by Crippen LogP contribution is 2.27. The molecule has 4 amide bonds. The lowest BCUT2D eigenvalue weighted by atomic mass is 10.0. The zero-order valence-corrected chi connectivity index (χ0v) is 29.5. The molecular weight excluding hydrogens is 664 g/mol. The number of hydrogen-bond donors (Lipinski definition) is 2. The van der Waals surface area contributed by atoms with Gasteiger partial charge >= 0.3 is 12.1 Å².